The van der Waals surface area contributed by atoms with Crippen LogP contribution in [0.1, 0.15) is 45.4 Å². The number of nitrogens with zero attached hydrogens (tertiary/aromatic N) is 1. The molecule has 0 aliphatic carbocycles. The Hall–Kier alpha value is -0.180. The highest BCUT2D eigenvalue weighted by Gasteiger charge is 2.31. The first-order valence-electron chi connectivity index (χ1n) is 6.71. The quantitative estimate of drug-likeness (QED) is 0.741. The highest BCUT2D eigenvalue weighted by atomic mass is 32.2. The monoisotopic (exact) mass is 241 g/mol. The van der Waals surface area contributed by atoms with Gasteiger partial charge in [-0.3, -0.25) is 4.79 Å². The van der Waals surface area contributed by atoms with Gasteiger partial charge in [0.25, 0.3) is 0 Å². The fourth-order valence-electron chi connectivity index (χ4n) is 2.89. The standard InChI is InChI=1S/C13H23NOS/c1-2-12-5-3-4-8-14(12)13(15)11-6-9-16-10-7-11/h11-12H,2-10H2,1H3. The lowest BCUT2D eigenvalue weighted by Crippen LogP contribution is -2.46. The molecule has 2 rings (SSSR count). The van der Waals surface area contributed by atoms with Crippen molar-refractivity contribution in [3.05, 3.63) is 0 Å². The molecule has 2 fully saturated rings. The third-order valence-corrected chi connectivity index (χ3v) is 5.00. The van der Waals surface area contributed by atoms with Crippen LogP contribution in [0.15, 0.2) is 0 Å². The first-order valence-corrected chi connectivity index (χ1v) is 7.86. The van der Waals surface area contributed by atoms with Crippen LogP contribution in [0.2, 0.25) is 0 Å². The van der Waals surface area contributed by atoms with Crippen LogP contribution in [-0.2, 0) is 4.79 Å². The van der Waals surface area contributed by atoms with Crippen LogP contribution in [0.4, 0.5) is 0 Å². The van der Waals surface area contributed by atoms with E-state index in [1.807, 2.05) is 11.8 Å². The number of amides is 1. The normalized spacial score (nSPS) is 28.1. The van der Waals surface area contributed by atoms with Gasteiger partial charge in [-0.1, -0.05) is 6.92 Å². The number of hydrogen-bond acceptors (Lipinski definition) is 2. The van der Waals surface area contributed by atoms with Crippen molar-refractivity contribution in [2.24, 2.45) is 5.92 Å². The summed E-state index contributed by atoms with van der Waals surface area (Å²) < 4.78 is 0. The Labute approximate surface area is 103 Å². The predicted octanol–water partition coefficient (Wildman–Crippen LogP) is 2.92. The van der Waals surface area contributed by atoms with Crippen LogP contribution in [0.25, 0.3) is 0 Å². The molecule has 0 radical (unpaired) electrons. The fraction of sp³-hybridized carbons (Fsp3) is 0.923. The van der Waals surface area contributed by atoms with Gasteiger partial charge < -0.3 is 4.90 Å². The Morgan fingerprint density at radius 1 is 1.25 bits per heavy atom. The van der Waals surface area contributed by atoms with Gasteiger partial charge in [0.05, 0.1) is 0 Å². The molecular weight excluding hydrogens is 218 g/mol. The van der Waals surface area contributed by atoms with Gasteiger partial charge in [-0.05, 0) is 50.0 Å². The van der Waals surface area contributed by atoms with Gasteiger partial charge in [-0.25, -0.2) is 0 Å². The van der Waals surface area contributed by atoms with Crippen molar-refractivity contribution in [1.29, 1.82) is 0 Å². The lowest BCUT2D eigenvalue weighted by Gasteiger charge is -2.38. The second-order valence-corrected chi connectivity index (χ2v) is 6.20. The average molecular weight is 241 g/mol. The van der Waals surface area contributed by atoms with Crippen LogP contribution in [-0.4, -0.2) is 34.9 Å². The SMILES string of the molecule is CCC1CCCCN1C(=O)C1CCSCC1. The van der Waals surface area contributed by atoms with E-state index in [0.29, 0.717) is 17.9 Å². The van der Waals surface area contributed by atoms with Crippen molar-refractivity contribution in [3.8, 4) is 0 Å². The molecule has 0 bridgehead atoms. The second-order valence-electron chi connectivity index (χ2n) is 4.98. The molecule has 0 spiro atoms. The van der Waals surface area contributed by atoms with E-state index in [0.717, 1.165) is 25.8 Å². The van der Waals surface area contributed by atoms with E-state index in [9.17, 15) is 4.79 Å². The minimum absolute atomic E-state index is 0.341. The maximum Gasteiger partial charge on any atom is 0.225 e. The smallest absolute Gasteiger partial charge is 0.225 e. The lowest BCUT2D eigenvalue weighted by molar-refractivity contribution is -0.139. The zero-order valence-electron chi connectivity index (χ0n) is 10.3. The van der Waals surface area contributed by atoms with E-state index in [4.69, 9.17) is 0 Å². The van der Waals surface area contributed by atoms with Crippen molar-refractivity contribution >= 4 is 17.7 Å². The molecular formula is C13H23NOS. The lowest BCUT2D eigenvalue weighted by atomic mass is 9.95. The highest BCUT2D eigenvalue weighted by molar-refractivity contribution is 7.99. The van der Waals surface area contributed by atoms with Crippen LogP contribution >= 0.6 is 11.8 Å². The Morgan fingerprint density at radius 3 is 2.69 bits per heavy atom. The molecule has 16 heavy (non-hydrogen) atoms. The third kappa shape index (κ3) is 2.73. The number of carbonyl (C=O) groups is 1. The molecule has 2 aliphatic heterocycles. The molecule has 3 heteroatoms. The van der Waals surface area contributed by atoms with Gasteiger partial charge in [-0.15, -0.1) is 0 Å². The first-order chi connectivity index (χ1) is 7.83. The van der Waals surface area contributed by atoms with E-state index < -0.39 is 0 Å². The Kier molecular flexibility index (Phi) is 4.56. The largest absolute Gasteiger partial charge is 0.339 e. The van der Waals surface area contributed by atoms with E-state index >= 15 is 0 Å². The summed E-state index contributed by atoms with van der Waals surface area (Å²) in [6.45, 7) is 3.23. The number of carbonyl (C=O) groups excluding carboxylic acids is 1. The van der Waals surface area contributed by atoms with Gasteiger partial charge in [0, 0.05) is 18.5 Å². The number of likely N-dealkylation sites (tertiary alicyclic amines) is 1. The van der Waals surface area contributed by atoms with Crippen molar-refractivity contribution in [3.63, 3.8) is 0 Å². The summed E-state index contributed by atoms with van der Waals surface area (Å²) in [5.74, 6) is 3.17. The van der Waals surface area contributed by atoms with Crippen molar-refractivity contribution in [2.75, 3.05) is 18.1 Å². The zero-order chi connectivity index (χ0) is 11.4. The molecule has 92 valence electrons. The molecule has 0 aromatic heterocycles. The van der Waals surface area contributed by atoms with Crippen LogP contribution in [0, 0.1) is 5.92 Å². The fourth-order valence-corrected chi connectivity index (χ4v) is 4.00. The number of piperidine rings is 1. The Bertz CT molecular complexity index is 238. The summed E-state index contributed by atoms with van der Waals surface area (Å²) in [7, 11) is 0. The predicted molar refractivity (Wildman–Crippen MR) is 69.7 cm³/mol. The minimum atomic E-state index is 0.341. The highest BCUT2D eigenvalue weighted by Crippen LogP contribution is 2.28. The van der Waals surface area contributed by atoms with Crippen LogP contribution in [0.5, 0.6) is 0 Å². The number of thioether (sulfide) groups is 1. The molecule has 2 saturated heterocycles. The van der Waals surface area contributed by atoms with Crippen molar-refractivity contribution in [2.45, 2.75) is 51.5 Å². The molecule has 2 nitrogen and oxygen atoms in total. The summed E-state index contributed by atoms with van der Waals surface area (Å²) in [5, 5.41) is 0. The third-order valence-electron chi connectivity index (χ3n) is 3.95. The molecule has 0 aromatic rings. The van der Waals surface area contributed by atoms with Gasteiger partial charge >= 0.3 is 0 Å². The molecule has 0 aromatic carbocycles. The van der Waals surface area contributed by atoms with E-state index in [1.165, 1.54) is 30.8 Å². The molecule has 1 amide bonds. The summed E-state index contributed by atoms with van der Waals surface area (Å²) in [6, 6.07) is 0.538. The van der Waals surface area contributed by atoms with E-state index in [-0.39, 0.29) is 0 Å². The molecule has 1 atom stereocenters. The Morgan fingerprint density at radius 2 is 2.00 bits per heavy atom. The molecule has 0 saturated carbocycles. The van der Waals surface area contributed by atoms with Gasteiger partial charge in [0.1, 0.15) is 0 Å². The number of hydrogen-bond donors (Lipinski definition) is 0. The van der Waals surface area contributed by atoms with Gasteiger partial charge in [0.15, 0.2) is 0 Å². The Balaban J connectivity index is 1.95. The second kappa shape index (κ2) is 5.95. The van der Waals surface area contributed by atoms with E-state index in [1.54, 1.807) is 0 Å². The van der Waals surface area contributed by atoms with Gasteiger partial charge in [-0.2, -0.15) is 11.8 Å². The molecule has 2 aliphatic rings. The number of rotatable bonds is 2. The summed E-state index contributed by atoms with van der Waals surface area (Å²) in [6.07, 6.45) is 7.09. The summed E-state index contributed by atoms with van der Waals surface area (Å²) >= 11 is 2.00. The average Bonchev–Trinajstić information content (AvgIpc) is 2.39. The maximum absolute atomic E-state index is 12.4. The van der Waals surface area contributed by atoms with Crippen LogP contribution in [0.3, 0.4) is 0 Å². The minimum Gasteiger partial charge on any atom is -0.339 e. The topological polar surface area (TPSA) is 20.3 Å². The maximum atomic E-state index is 12.4. The zero-order valence-corrected chi connectivity index (χ0v) is 11.1. The molecule has 2 heterocycles. The summed E-state index contributed by atoms with van der Waals surface area (Å²) in [4.78, 5) is 14.6. The van der Waals surface area contributed by atoms with Crippen LogP contribution < -0.4 is 0 Å². The van der Waals surface area contributed by atoms with E-state index in [2.05, 4.69) is 11.8 Å². The summed E-state index contributed by atoms with van der Waals surface area (Å²) in [5.41, 5.74) is 0. The first kappa shape index (κ1) is 12.3. The molecule has 0 N–H and O–H groups in total. The van der Waals surface area contributed by atoms with Gasteiger partial charge in [0.2, 0.25) is 5.91 Å². The molecule has 1 unspecified atom stereocenters. The van der Waals surface area contributed by atoms with Crippen molar-refractivity contribution in [1.82, 2.24) is 4.90 Å². The van der Waals surface area contributed by atoms with Crippen molar-refractivity contribution < 1.29 is 4.79 Å².